The summed E-state index contributed by atoms with van der Waals surface area (Å²) in [5.74, 6) is 2.61. The molecule has 0 unspecified atom stereocenters. The van der Waals surface area contributed by atoms with Gasteiger partial charge in [-0.2, -0.15) is 5.10 Å². The maximum atomic E-state index is 12.8. The van der Waals surface area contributed by atoms with Gasteiger partial charge in [0.2, 0.25) is 5.91 Å². The van der Waals surface area contributed by atoms with Crippen molar-refractivity contribution in [3.63, 3.8) is 0 Å². The number of anilines is 2. The van der Waals surface area contributed by atoms with Gasteiger partial charge in [0.15, 0.2) is 5.82 Å². The Morgan fingerprint density at radius 1 is 1.07 bits per heavy atom. The van der Waals surface area contributed by atoms with Crippen LogP contribution in [-0.4, -0.2) is 57.9 Å². The molecule has 0 atom stereocenters. The van der Waals surface area contributed by atoms with Crippen molar-refractivity contribution in [2.75, 3.05) is 37.5 Å². The number of carbonyl (C=O) groups excluding carboxylic acids is 1. The number of piperidine rings is 1. The van der Waals surface area contributed by atoms with Gasteiger partial charge in [-0.05, 0) is 25.0 Å². The van der Waals surface area contributed by atoms with Crippen LogP contribution in [0.25, 0.3) is 5.82 Å². The summed E-state index contributed by atoms with van der Waals surface area (Å²) >= 11 is 0. The summed E-state index contributed by atoms with van der Waals surface area (Å²) in [6.07, 6.45) is 6.01. The SMILES string of the molecule is COc1ccc(OC)c(NC(=O)C2CCN(c3cc(-n4cncn4)ncn3)CC2)c1. The molecule has 3 heterocycles. The predicted molar refractivity (Wildman–Crippen MR) is 110 cm³/mol. The van der Waals surface area contributed by atoms with E-state index in [2.05, 4.69) is 30.3 Å². The number of amides is 1. The molecule has 1 aliphatic heterocycles. The van der Waals surface area contributed by atoms with Gasteiger partial charge in [-0.25, -0.2) is 19.6 Å². The second-order valence-electron chi connectivity index (χ2n) is 6.89. The first-order valence-corrected chi connectivity index (χ1v) is 9.63. The fraction of sp³-hybridized carbons (Fsp3) is 0.350. The highest BCUT2D eigenvalue weighted by Crippen LogP contribution is 2.30. The van der Waals surface area contributed by atoms with Crippen molar-refractivity contribution in [1.82, 2.24) is 24.7 Å². The number of nitrogens with zero attached hydrogens (tertiary/aromatic N) is 6. The highest BCUT2D eigenvalue weighted by atomic mass is 16.5. The minimum absolute atomic E-state index is 0.0211. The zero-order chi connectivity index (χ0) is 20.9. The fourth-order valence-electron chi connectivity index (χ4n) is 3.48. The summed E-state index contributed by atoms with van der Waals surface area (Å²) in [6.45, 7) is 1.45. The van der Waals surface area contributed by atoms with Crippen molar-refractivity contribution in [3.05, 3.63) is 43.2 Å². The number of hydrogen-bond acceptors (Lipinski definition) is 8. The third-order valence-electron chi connectivity index (χ3n) is 5.15. The first kappa shape index (κ1) is 19.6. The van der Waals surface area contributed by atoms with Gasteiger partial charge in [-0.15, -0.1) is 0 Å². The summed E-state index contributed by atoms with van der Waals surface area (Å²) in [6, 6.07) is 7.20. The lowest BCUT2D eigenvalue weighted by Crippen LogP contribution is -2.38. The van der Waals surface area contributed by atoms with Gasteiger partial charge in [0.05, 0.1) is 19.9 Å². The van der Waals surface area contributed by atoms with E-state index in [4.69, 9.17) is 9.47 Å². The van der Waals surface area contributed by atoms with Crippen LogP contribution in [0, 0.1) is 5.92 Å². The van der Waals surface area contributed by atoms with Gasteiger partial charge in [0.25, 0.3) is 0 Å². The number of ether oxygens (including phenoxy) is 2. The van der Waals surface area contributed by atoms with E-state index in [1.54, 1.807) is 43.4 Å². The zero-order valence-electron chi connectivity index (χ0n) is 16.9. The van der Waals surface area contributed by atoms with Crippen LogP contribution in [0.4, 0.5) is 11.5 Å². The number of benzene rings is 1. The van der Waals surface area contributed by atoms with Crippen LogP contribution in [0.2, 0.25) is 0 Å². The Balaban J connectivity index is 1.39. The van der Waals surface area contributed by atoms with Gasteiger partial charge in [0, 0.05) is 31.1 Å². The number of hydrogen-bond donors (Lipinski definition) is 1. The molecule has 1 saturated heterocycles. The quantitative estimate of drug-likeness (QED) is 0.658. The number of methoxy groups -OCH3 is 2. The van der Waals surface area contributed by atoms with Crippen LogP contribution in [0.5, 0.6) is 11.5 Å². The molecule has 2 aromatic heterocycles. The van der Waals surface area contributed by atoms with Crippen molar-refractivity contribution in [2.45, 2.75) is 12.8 Å². The summed E-state index contributed by atoms with van der Waals surface area (Å²) in [5.41, 5.74) is 0.609. The van der Waals surface area contributed by atoms with Gasteiger partial charge in [-0.3, -0.25) is 4.79 Å². The molecule has 0 saturated carbocycles. The van der Waals surface area contributed by atoms with Crippen LogP contribution in [0.1, 0.15) is 12.8 Å². The molecule has 1 aromatic carbocycles. The molecule has 0 bridgehead atoms. The van der Waals surface area contributed by atoms with Crippen molar-refractivity contribution in [2.24, 2.45) is 5.92 Å². The molecule has 1 amide bonds. The minimum atomic E-state index is -0.0891. The van der Waals surface area contributed by atoms with Crippen molar-refractivity contribution >= 4 is 17.4 Å². The molecule has 30 heavy (non-hydrogen) atoms. The van der Waals surface area contributed by atoms with E-state index in [1.807, 2.05) is 6.07 Å². The van der Waals surface area contributed by atoms with Crippen molar-refractivity contribution in [1.29, 1.82) is 0 Å². The lowest BCUT2D eigenvalue weighted by atomic mass is 9.95. The molecule has 10 nitrogen and oxygen atoms in total. The van der Waals surface area contributed by atoms with E-state index in [9.17, 15) is 4.79 Å². The first-order valence-electron chi connectivity index (χ1n) is 9.63. The van der Waals surface area contributed by atoms with E-state index >= 15 is 0 Å². The number of carbonyl (C=O) groups is 1. The summed E-state index contributed by atoms with van der Waals surface area (Å²) < 4.78 is 12.2. The van der Waals surface area contributed by atoms with Crippen LogP contribution in [-0.2, 0) is 4.79 Å². The molecule has 3 aromatic rings. The van der Waals surface area contributed by atoms with Crippen molar-refractivity contribution < 1.29 is 14.3 Å². The van der Waals surface area contributed by atoms with Gasteiger partial charge < -0.3 is 19.7 Å². The van der Waals surface area contributed by atoms with Crippen LogP contribution < -0.4 is 19.7 Å². The number of nitrogens with one attached hydrogen (secondary N) is 1. The lowest BCUT2D eigenvalue weighted by molar-refractivity contribution is -0.120. The van der Waals surface area contributed by atoms with E-state index in [-0.39, 0.29) is 11.8 Å². The molecule has 10 heteroatoms. The molecule has 4 rings (SSSR count). The number of aromatic nitrogens is 5. The molecule has 156 valence electrons. The zero-order valence-corrected chi connectivity index (χ0v) is 16.9. The van der Waals surface area contributed by atoms with Gasteiger partial charge >= 0.3 is 0 Å². The molecule has 0 spiro atoms. The lowest BCUT2D eigenvalue weighted by Gasteiger charge is -2.32. The summed E-state index contributed by atoms with van der Waals surface area (Å²) in [4.78, 5) is 27.5. The fourth-order valence-corrected chi connectivity index (χ4v) is 3.48. The standard InChI is InChI=1S/C20H23N7O3/c1-29-15-3-4-17(30-2)16(9-15)25-20(28)14-5-7-26(8-6-14)18-10-19(23-12-22-18)27-13-21-11-24-27/h3-4,9-14H,5-8H2,1-2H3,(H,25,28). The normalized spacial score (nSPS) is 14.4. The maximum Gasteiger partial charge on any atom is 0.227 e. The molecule has 1 N–H and O–H groups in total. The van der Waals surface area contributed by atoms with E-state index in [1.165, 1.54) is 12.7 Å². The van der Waals surface area contributed by atoms with Gasteiger partial charge in [0.1, 0.15) is 36.3 Å². The maximum absolute atomic E-state index is 12.8. The Kier molecular flexibility index (Phi) is 5.73. The largest absolute Gasteiger partial charge is 0.497 e. The monoisotopic (exact) mass is 409 g/mol. The second-order valence-corrected chi connectivity index (χ2v) is 6.89. The highest BCUT2D eigenvalue weighted by molar-refractivity contribution is 5.94. The van der Waals surface area contributed by atoms with E-state index < -0.39 is 0 Å². The molecular weight excluding hydrogens is 386 g/mol. The van der Waals surface area contributed by atoms with Crippen molar-refractivity contribution in [3.8, 4) is 17.3 Å². The first-order chi connectivity index (χ1) is 14.7. The third kappa shape index (κ3) is 4.17. The second kappa shape index (κ2) is 8.76. The third-order valence-corrected chi connectivity index (χ3v) is 5.15. The topological polar surface area (TPSA) is 107 Å². The predicted octanol–water partition coefficient (Wildman–Crippen LogP) is 1.93. The Bertz CT molecular complexity index is 1000. The average molecular weight is 409 g/mol. The minimum Gasteiger partial charge on any atom is -0.497 e. The Morgan fingerprint density at radius 3 is 2.57 bits per heavy atom. The Morgan fingerprint density at radius 2 is 1.87 bits per heavy atom. The summed E-state index contributed by atoms with van der Waals surface area (Å²) in [7, 11) is 3.16. The molecule has 0 aliphatic carbocycles. The van der Waals surface area contributed by atoms with E-state index in [0.29, 0.717) is 23.0 Å². The smallest absolute Gasteiger partial charge is 0.227 e. The molecular formula is C20H23N7O3. The highest BCUT2D eigenvalue weighted by Gasteiger charge is 2.26. The molecule has 1 fully saturated rings. The molecule has 0 radical (unpaired) electrons. The number of rotatable bonds is 6. The Labute approximate surface area is 173 Å². The molecule has 1 aliphatic rings. The summed E-state index contributed by atoms with van der Waals surface area (Å²) in [5, 5.41) is 7.08. The van der Waals surface area contributed by atoms with Crippen LogP contribution in [0.3, 0.4) is 0 Å². The van der Waals surface area contributed by atoms with Crippen LogP contribution in [0.15, 0.2) is 43.2 Å². The Hall–Kier alpha value is -3.69. The van der Waals surface area contributed by atoms with Crippen LogP contribution >= 0.6 is 0 Å². The van der Waals surface area contributed by atoms with E-state index in [0.717, 1.165) is 31.7 Å². The average Bonchev–Trinajstić information content (AvgIpc) is 3.34. The van der Waals surface area contributed by atoms with Gasteiger partial charge in [-0.1, -0.05) is 0 Å².